The van der Waals surface area contributed by atoms with Gasteiger partial charge in [0.25, 0.3) is 0 Å². The Hall–Kier alpha value is -2.27. The molecular formula is C16H14N4S. The largest absolute Gasteiger partial charge is 0.311 e. The molecule has 2 aromatic carbocycles. The van der Waals surface area contributed by atoms with E-state index in [1.807, 2.05) is 6.07 Å². The minimum absolute atomic E-state index is 0.854. The Morgan fingerprint density at radius 3 is 2.67 bits per heavy atom. The van der Waals surface area contributed by atoms with Crippen molar-refractivity contribution in [3.63, 3.8) is 0 Å². The third-order valence-corrected chi connectivity index (χ3v) is 4.56. The zero-order valence-corrected chi connectivity index (χ0v) is 12.4. The van der Waals surface area contributed by atoms with Crippen LogP contribution in [-0.4, -0.2) is 21.7 Å². The summed E-state index contributed by atoms with van der Waals surface area (Å²) in [5.41, 5.74) is 6.65. The van der Waals surface area contributed by atoms with Gasteiger partial charge in [0, 0.05) is 17.4 Å². The maximum absolute atomic E-state index is 4.33. The molecule has 0 aliphatic carbocycles. The van der Waals surface area contributed by atoms with E-state index in [1.165, 1.54) is 16.8 Å². The van der Waals surface area contributed by atoms with Gasteiger partial charge in [0.05, 0.1) is 17.9 Å². The van der Waals surface area contributed by atoms with Gasteiger partial charge in [-0.3, -0.25) is 5.10 Å². The van der Waals surface area contributed by atoms with Gasteiger partial charge in [0.2, 0.25) is 0 Å². The molecule has 1 N–H and O–H groups in total. The second-order valence-corrected chi connectivity index (χ2v) is 5.73. The summed E-state index contributed by atoms with van der Waals surface area (Å²) in [4.78, 5) is 0. The van der Waals surface area contributed by atoms with Crippen molar-refractivity contribution < 1.29 is 0 Å². The van der Waals surface area contributed by atoms with Gasteiger partial charge in [-0.25, -0.2) is 0 Å². The molecule has 1 aliphatic heterocycles. The van der Waals surface area contributed by atoms with Gasteiger partial charge < -0.3 is 4.31 Å². The van der Waals surface area contributed by atoms with E-state index in [1.54, 1.807) is 11.9 Å². The summed E-state index contributed by atoms with van der Waals surface area (Å²) in [6, 6.07) is 16.8. The average molecular weight is 294 g/mol. The molecule has 0 fully saturated rings. The Morgan fingerprint density at radius 2 is 1.81 bits per heavy atom. The Balaban J connectivity index is 2.05. The Labute approximate surface area is 127 Å². The molecule has 2 heterocycles. The van der Waals surface area contributed by atoms with Gasteiger partial charge in [0.15, 0.2) is 0 Å². The van der Waals surface area contributed by atoms with Gasteiger partial charge in [-0.05, 0) is 11.6 Å². The maximum atomic E-state index is 4.33. The number of nitrogens with zero attached hydrogens (tertiary/aromatic N) is 3. The summed E-state index contributed by atoms with van der Waals surface area (Å²) < 4.78 is 2.30. The highest BCUT2D eigenvalue weighted by molar-refractivity contribution is 7.99. The lowest BCUT2D eigenvalue weighted by atomic mass is 9.97. The van der Waals surface area contributed by atoms with E-state index in [2.05, 4.69) is 68.4 Å². The lowest BCUT2D eigenvalue weighted by molar-refractivity contribution is 0.944. The standard InChI is InChI=1S/C16H14N4S/c1-21-20-10-11-6-2-3-7-12(11)15-16(18-19-17-15)13-8-4-5-9-14(13)20/h2-9H,10H2,1H3,(H,17,18,19). The number of fused-ring (bicyclic) bond motifs is 5. The minimum Gasteiger partial charge on any atom is -0.311 e. The molecule has 0 bridgehead atoms. The first-order valence-electron chi connectivity index (χ1n) is 6.79. The molecule has 4 nitrogen and oxygen atoms in total. The molecular weight excluding hydrogens is 280 g/mol. The predicted octanol–water partition coefficient (Wildman–Crippen LogP) is 3.74. The second kappa shape index (κ2) is 4.93. The maximum Gasteiger partial charge on any atom is 0.122 e. The van der Waals surface area contributed by atoms with Crippen molar-refractivity contribution in [1.29, 1.82) is 0 Å². The summed E-state index contributed by atoms with van der Waals surface area (Å²) in [6.07, 6.45) is 2.10. The van der Waals surface area contributed by atoms with Crippen LogP contribution in [0.2, 0.25) is 0 Å². The first-order valence-corrected chi connectivity index (χ1v) is 7.97. The lowest BCUT2D eigenvalue weighted by Crippen LogP contribution is -2.16. The fourth-order valence-electron chi connectivity index (χ4n) is 2.80. The number of hydrogen-bond donors (Lipinski definition) is 1. The first-order chi connectivity index (χ1) is 10.4. The summed E-state index contributed by atoms with van der Waals surface area (Å²) >= 11 is 1.73. The molecule has 5 heteroatoms. The number of benzene rings is 2. The number of H-pyrrole nitrogens is 1. The third-order valence-electron chi connectivity index (χ3n) is 3.80. The highest BCUT2D eigenvalue weighted by Gasteiger charge is 2.23. The summed E-state index contributed by atoms with van der Waals surface area (Å²) in [7, 11) is 0. The van der Waals surface area contributed by atoms with E-state index in [0.29, 0.717) is 0 Å². The van der Waals surface area contributed by atoms with E-state index in [0.717, 1.165) is 23.5 Å². The normalized spacial score (nSPS) is 12.9. The van der Waals surface area contributed by atoms with Crippen LogP contribution in [0.4, 0.5) is 5.69 Å². The molecule has 21 heavy (non-hydrogen) atoms. The van der Waals surface area contributed by atoms with E-state index in [4.69, 9.17) is 0 Å². The summed E-state index contributed by atoms with van der Waals surface area (Å²) in [5.74, 6) is 0. The molecule has 4 rings (SSSR count). The zero-order valence-electron chi connectivity index (χ0n) is 11.6. The zero-order chi connectivity index (χ0) is 14.2. The van der Waals surface area contributed by atoms with E-state index in [9.17, 15) is 0 Å². The van der Waals surface area contributed by atoms with Gasteiger partial charge in [-0.1, -0.05) is 59.6 Å². The van der Waals surface area contributed by atoms with Crippen LogP contribution in [0.25, 0.3) is 22.5 Å². The molecule has 1 aliphatic rings. The van der Waals surface area contributed by atoms with Crippen molar-refractivity contribution in [3.8, 4) is 22.5 Å². The highest BCUT2D eigenvalue weighted by atomic mass is 32.2. The van der Waals surface area contributed by atoms with E-state index in [-0.39, 0.29) is 0 Å². The molecule has 0 atom stereocenters. The van der Waals surface area contributed by atoms with Crippen LogP contribution in [0, 0.1) is 0 Å². The molecule has 0 amide bonds. The number of para-hydroxylation sites is 1. The van der Waals surface area contributed by atoms with Crippen molar-refractivity contribution in [2.75, 3.05) is 10.6 Å². The van der Waals surface area contributed by atoms with Gasteiger partial charge in [-0.15, -0.1) is 5.10 Å². The van der Waals surface area contributed by atoms with Crippen molar-refractivity contribution in [2.24, 2.45) is 0 Å². The Kier molecular flexibility index (Phi) is 2.93. The summed E-state index contributed by atoms with van der Waals surface area (Å²) in [5, 5.41) is 11.4. The van der Waals surface area contributed by atoms with Crippen LogP contribution in [0.5, 0.6) is 0 Å². The molecule has 0 radical (unpaired) electrons. The SMILES string of the molecule is CSN1Cc2ccccc2-c2[nH]nnc2-c2ccccc21. The first kappa shape index (κ1) is 12.5. The molecule has 1 aromatic heterocycles. The number of aromatic amines is 1. The van der Waals surface area contributed by atoms with Crippen LogP contribution in [0.15, 0.2) is 48.5 Å². The number of anilines is 1. The van der Waals surface area contributed by atoms with Crippen molar-refractivity contribution in [3.05, 3.63) is 54.1 Å². The third kappa shape index (κ3) is 1.93. The number of hydrogen-bond acceptors (Lipinski definition) is 4. The molecule has 3 aromatic rings. The van der Waals surface area contributed by atoms with E-state index >= 15 is 0 Å². The topological polar surface area (TPSA) is 44.8 Å². The second-order valence-electron chi connectivity index (χ2n) is 4.93. The molecule has 0 saturated carbocycles. The quantitative estimate of drug-likeness (QED) is 0.694. The van der Waals surface area contributed by atoms with Gasteiger partial charge >= 0.3 is 0 Å². The van der Waals surface area contributed by atoms with E-state index < -0.39 is 0 Å². The Morgan fingerprint density at radius 1 is 1.05 bits per heavy atom. The molecule has 104 valence electrons. The monoisotopic (exact) mass is 294 g/mol. The average Bonchev–Trinajstić information content (AvgIpc) is 3.00. The number of rotatable bonds is 1. The van der Waals surface area contributed by atoms with Crippen molar-refractivity contribution >= 4 is 17.6 Å². The van der Waals surface area contributed by atoms with Crippen molar-refractivity contribution in [2.45, 2.75) is 6.54 Å². The number of nitrogens with one attached hydrogen (secondary N) is 1. The lowest BCUT2D eigenvalue weighted by Gasteiger charge is -2.27. The smallest absolute Gasteiger partial charge is 0.122 e. The highest BCUT2D eigenvalue weighted by Crippen LogP contribution is 2.41. The molecule has 0 saturated heterocycles. The fourth-order valence-corrected chi connectivity index (χ4v) is 3.42. The van der Waals surface area contributed by atoms with Crippen molar-refractivity contribution in [1.82, 2.24) is 15.4 Å². The molecule has 0 spiro atoms. The number of aromatic nitrogens is 3. The van der Waals surface area contributed by atoms with Crippen LogP contribution in [-0.2, 0) is 6.54 Å². The minimum atomic E-state index is 0.854. The predicted molar refractivity (Wildman–Crippen MR) is 87.0 cm³/mol. The summed E-state index contributed by atoms with van der Waals surface area (Å²) in [6.45, 7) is 0.854. The van der Waals surface area contributed by atoms with Crippen LogP contribution in [0.3, 0.4) is 0 Å². The van der Waals surface area contributed by atoms with Gasteiger partial charge in [-0.2, -0.15) is 0 Å². The fraction of sp³-hybridized carbons (Fsp3) is 0.125. The van der Waals surface area contributed by atoms with Crippen LogP contribution >= 0.6 is 11.9 Å². The van der Waals surface area contributed by atoms with Gasteiger partial charge in [0.1, 0.15) is 5.69 Å². The molecule has 0 unspecified atom stereocenters. The van der Waals surface area contributed by atoms with Crippen LogP contribution < -0.4 is 4.31 Å². The Bertz CT molecular complexity index is 796. The van der Waals surface area contributed by atoms with Crippen LogP contribution in [0.1, 0.15) is 5.56 Å².